The molecule has 0 aliphatic heterocycles. The van der Waals surface area contributed by atoms with Crippen molar-refractivity contribution < 1.29 is 0 Å². The molecule has 2 heterocycles. The van der Waals surface area contributed by atoms with E-state index in [-0.39, 0.29) is 5.56 Å². The van der Waals surface area contributed by atoms with E-state index in [1.165, 1.54) is 11.3 Å². The number of hydrogen-bond acceptors (Lipinski definition) is 5. The van der Waals surface area contributed by atoms with Crippen LogP contribution in [0.5, 0.6) is 0 Å². The molecule has 0 unspecified atom stereocenters. The molecular weight excluding hydrogens is 234 g/mol. The van der Waals surface area contributed by atoms with E-state index in [0.717, 1.165) is 5.39 Å². The predicted octanol–water partition coefficient (Wildman–Crippen LogP) is 2.11. The first-order valence-corrected chi connectivity index (χ1v) is 5.88. The summed E-state index contributed by atoms with van der Waals surface area (Å²) < 4.78 is 0. The maximum atomic E-state index is 11.9. The number of benzene rings is 1. The molecule has 1 aromatic carbocycles. The molecule has 3 rings (SSSR count). The third-order valence-corrected chi connectivity index (χ3v) is 3.11. The summed E-state index contributed by atoms with van der Waals surface area (Å²) in [6, 6.07) is 7.40. The van der Waals surface area contributed by atoms with Crippen molar-refractivity contribution >= 4 is 22.2 Å². The number of para-hydroxylation sites is 1. The molecule has 0 aliphatic carbocycles. The highest BCUT2D eigenvalue weighted by Gasteiger charge is 2.07. The molecule has 0 saturated heterocycles. The SMILES string of the molecule is O=c1nc2ccccc2cnc1-c1nccs1. The molecule has 4 nitrogen and oxygen atoms in total. The van der Waals surface area contributed by atoms with E-state index in [9.17, 15) is 4.79 Å². The zero-order valence-electron chi connectivity index (χ0n) is 8.70. The van der Waals surface area contributed by atoms with Crippen molar-refractivity contribution in [2.24, 2.45) is 0 Å². The first kappa shape index (κ1) is 10.0. The van der Waals surface area contributed by atoms with Crippen LogP contribution < -0.4 is 5.56 Å². The Morgan fingerprint density at radius 1 is 1.12 bits per heavy atom. The average Bonchev–Trinajstić information content (AvgIpc) is 2.80. The van der Waals surface area contributed by atoms with Crippen LogP contribution >= 0.6 is 11.3 Å². The fraction of sp³-hybridized carbons (Fsp3) is 0. The van der Waals surface area contributed by atoms with Crippen LogP contribution in [0.15, 0.2) is 46.8 Å². The van der Waals surface area contributed by atoms with Gasteiger partial charge in [-0.15, -0.1) is 11.3 Å². The summed E-state index contributed by atoms with van der Waals surface area (Å²) in [6.45, 7) is 0. The van der Waals surface area contributed by atoms with Crippen LogP contribution in [0, 0.1) is 0 Å². The van der Waals surface area contributed by atoms with Crippen molar-refractivity contribution in [2.45, 2.75) is 0 Å². The molecule has 3 aromatic rings. The van der Waals surface area contributed by atoms with Crippen molar-refractivity contribution in [3.8, 4) is 10.7 Å². The molecule has 0 spiro atoms. The van der Waals surface area contributed by atoms with Crippen LogP contribution in [0.2, 0.25) is 0 Å². The summed E-state index contributed by atoms with van der Waals surface area (Å²) in [4.78, 5) is 24.2. The van der Waals surface area contributed by atoms with Gasteiger partial charge in [0.1, 0.15) is 5.01 Å². The van der Waals surface area contributed by atoms with E-state index >= 15 is 0 Å². The van der Waals surface area contributed by atoms with Gasteiger partial charge in [0.25, 0.3) is 5.56 Å². The van der Waals surface area contributed by atoms with Gasteiger partial charge < -0.3 is 0 Å². The standard InChI is InChI=1S/C12H7N3OS/c16-11-10(12-13-5-6-17-12)14-7-8-3-1-2-4-9(8)15-11/h1-7H. The lowest BCUT2D eigenvalue weighted by Gasteiger charge is -1.85. The first-order valence-electron chi connectivity index (χ1n) is 5.00. The second-order valence-electron chi connectivity index (χ2n) is 3.42. The molecule has 0 N–H and O–H groups in total. The summed E-state index contributed by atoms with van der Waals surface area (Å²) >= 11 is 1.38. The fourth-order valence-electron chi connectivity index (χ4n) is 1.54. The monoisotopic (exact) mass is 241 g/mol. The largest absolute Gasteiger partial charge is 0.299 e. The van der Waals surface area contributed by atoms with E-state index in [4.69, 9.17) is 0 Å². The maximum absolute atomic E-state index is 11.9. The normalized spacial score (nSPS) is 10.6. The number of aromatic nitrogens is 3. The van der Waals surface area contributed by atoms with Crippen molar-refractivity contribution in [1.82, 2.24) is 15.0 Å². The van der Waals surface area contributed by atoms with Gasteiger partial charge in [-0.25, -0.2) is 15.0 Å². The minimum Gasteiger partial charge on any atom is -0.265 e. The van der Waals surface area contributed by atoms with E-state index in [2.05, 4.69) is 15.0 Å². The molecule has 0 aliphatic rings. The maximum Gasteiger partial charge on any atom is 0.299 e. The number of fused-ring (bicyclic) bond motifs is 1. The van der Waals surface area contributed by atoms with Crippen molar-refractivity contribution in [3.05, 3.63) is 52.4 Å². The molecular formula is C12H7N3OS. The van der Waals surface area contributed by atoms with Crippen LogP contribution in [0.3, 0.4) is 0 Å². The van der Waals surface area contributed by atoms with Gasteiger partial charge in [-0.1, -0.05) is 18.2 Å². The van der Waals surface area contributed by atoms with Crippen molar-refractivity contribution in [1.29, 1.82) is 0 Å². The molecule has 2 aromatic heterocycles. The minimum absolute atomic E-state index is 0.302. The zero-order chi connectivity index (χ0) is 11.7. The number of rotatable bonds is 1. The van der Waals surface area contributed by atoms with Crippen LogP contribution in [0.1, 0.15) is 0 Å². The quantitative estimate of drug-likeness (QED) is 0.654. The molecule has 0 atom stereocenters. The Bertz CT molecular complexity index is 725. The second kappa shape index (κ2) is 4.03. The van der Waals surface area contributed by atoms with Gasteiger partial charge in [0.15, 0.2) is 5.69 Å². The van der Waals surface area contributed by atoms with Gasteiger partial charge in [-0.3, -0.25) is 4.79 Å². The summed E-state index contributed by atoms with van der Waals surface area (Å²) in [5.41, 5.74) is 0.602. The van der Waals surface area contributed by atoms with Crippen LogP contribution in [0.25, 0.3) is 21.6 Å². The van der Waals surface area contributed by atoms with E-state index in [1.807, 2.05) is 23.6 Å². The molecule has 0 saturated carbocycles. The smallest absolute Gasteiger partial charge is 0.265 e. The second-order valence-corrected chi connectivity index (χ2v) is 4.31. The lowest BCUT2D eigenvalue weighted by molar-refractivity contribution is 1.24. The number of nitrogens with zero attached hydrogens (tertiary/aromatic N) is 3. The van der Waals surface area contributed by atoms with Crippen LogP contribution in [-0.2, 0) is 0 Å². The van der Waals surface area contributed by atoms with E-state index in [0.29, 0.717) is 16.2 Å². The van der Waals surface area contributed by atoms with E-state index < -0.39 is 0 Å². The predicted molar refractivity (Wildman–Crippen MR) is 66.9 cm³/mol. The molecule has 0 amide bonds. The highest BCUT2D eigenvalue weighted by Crippen LogP contribution is 2.16. The van der Waals surface area contributed by atoms with Crippen molar-refractivity contribution in [3.63, 3.8) is 0 Å². The Morgan fingerprint density at radius 2 is 2.00 bits per heavy atom. The first-order chi connectivity index (χ1) is 8.34. The molecule has 17 heavy (non-hydrogen) atoms. The number of hydrogen-bond donors (Lipinski definition) is 0. The Labute approximate surface area is 101 Å². The topological polar surface area (TPSA) is 55.7 Å². The molecule has 82 valence electrons. The third kappa shape index (κ3) is 1.81. The Kier molecular flexibility index (Phi) is 2.38. The van der Waals surface area contributed by atoms with Gasteiger partial charge in [-0.05, 0) is 6.07 Å². The Hall–Kier alpha value is -2.14. The van der Waals surface area contributed by atoms with Gasteiger partial charge >= 0.3 is 0 Å². The molecule has 0 bridgehead atoms. The van der Waals surface area contributed by atoms with E-state index in [1.54, 1.807) is 18.5 Å². The lowest BCUT2D eigenvalue weighted by Crippen LogP contribution is -2.06. The van der Waals surface area contributed by atoms with Crippen molar-refractivity contribution in [2.75, 3.05) is 0 Å². The van der Waals surface area contributed by atoms with Gasteiger partial charge in [0.2, 0.25) is 0 Å². The summed E-state index contributed by atoms with van der Waals surface area (Å²) in [5.74, 6) is 0. The van der Waals surface area contributed by atoms with Gasteiger partial charge in [0, 0.05) is 23.2 Å². The third-order valence-electron chi connectivity index (χ3n) is 2.33. The molecule has 0 fully saturated rings. The average molecular weight is 241 g/mol. The van der Waals surface area contributed by atoms with Gasteiger partial charge in [-0.2, -0.15) is 0 Å². The molecule has 0 radical (unpaired) electrons. The molecule has 5 heteroatoms. The summed E-state index contributed by atoms with van der Waals surface area (Å²) in [5, 5.41) is 3.25. The van der Waals surface area contributed by atoms with Crippen LogP contribution in [0.4, 0.5) is 0 Å². The Balaban J connectivity index is 2.36. The highest BCUT2D eigenvalue weighted by molar-refractivity contribution is 7.13. The summed E-state index contributed by atoms with van der Waals surface area (Å²) in [7, 11) is 0. The number of thiazole rings is 1. The summed E-state index contributed by atoms with van der Waals surface area (Å²) in [6.07, 6.45) is 3.30. The minimum atomic E-state index is -0.346. The fourth-order valence-corrected chi connectivity index (χ4v) is 2.16. The zero-order valence-corrected chi connectivity index (χ0v) is 9.52. The Morgan fingerprint density at radius 3 is 2.82 bits per heavy atom. The van der Waals surface area contributed by atoms with Crippen LogP contribution in [-0.4, -0.2) is 15.0 Å². The lowest BCUT2D eigenvalue weighted by atomic mass is 10.2. The highest BCUT2D eigenvalue weighted by atomic mass is 32.1. The van der Waals surface area contributed by atoms with Gasteiger partial charge in [0.05, 0.1) is 5.52 Å².